The van der Waals surface area contributed by atoms with Crippen molar-refractivity contribution in [1.82, 2.24) is 10.2 Å². The van der Waals surface area contributed by atoms with Gasteiger partial charge in [0.15, 0.2) is 0 Å². The van der Waals surface area contributed by atoms with E-state index in [2.05, 4.69) is 5.32 Å². The summed E-state index contributed by atoms with van der Waals surface area (Å²) < 4.78 is 18.9. The zero-order chi connectivity index (χ0) is 24.2. The Labute approximate surface area is 203 Å². The van der Waals surface area contributed by atoms with Crippen molar-refractivity contribution in [2.24, 2.45) is 0 Å². The number of ether oxygens (including phenoxy) is 1. The van der Waals surface area contributed by atoms with Crippen LogP contribution < -0.4 is 10.2 Å². The van der Waals surface area contributed by atoms with Gasteiger partial charge in [-0.2, -0.15) is 0 Å². The van der Waals surface area contributed by atoms with Crippen LogP contribution in [0.15, 0.2) is 42.5 Å². The fraction of sp³-hybridized carbons (Fsp3) is 0.417. The van der Waals surface area contributed by atoms with Gasteiger partial charge in [-0.3, -0.25) is 4.79 Å². The van der Waals surface area contributed by atoms with Gasteiger partial charge in [0.05, 0.1) is 6.54 Å². The van der Waals surface area contributed by atoms with E-state index >= 15 is 0 Å². The minimum absolute atomic E-state index is 0.154. The summed E-state index contributed by atoms with van der Waals surface area (Å²) in [6.45, 7) is 6.71. The van der Waals surface area contributed by atoms with Crippen LogP contribution in [0.1, 0.15) is 26.3 Å². The molecule has 3 rings (SSSR count). The average Bonchev–Trinajstić information content (AvgIpc) is 2.72. The summed E-state index contributed by atoms with van der Waals surface area (Å²) in [5.74, 6) is -0.590. The number of benzene rings is 2. The van der Waals surface area contributed by atoms with Gasteiger partial charge < -0.3 is 19.9 Å². The quantitative estimate of drug-likeness (QED) is 0.639. The lowest BCUT2D eigenvalue weighted by Crippen LogP contribution is -2.61. The molecule has 0 saturated carbocycles. The lowest BCUT2D eigenvalue weighted by molar-refractivity contribution is -0.123. The fourth-order valence-electron chi connectivity index (χ4n) is 3.64. The largest absolute Gasteiger partial charge is 0.444 e. The molecule has 2 aromatic carbocycles. The predicted octanol–water partition coefficient (Wildman–Crippen LogP) is 4.92. The van der Waals surface area contributed by atoms with Crippen LogP contribution in [0.2, 0.25) is 10.0 Å². The second kappa shape index (κ2) is 10.6. The Morgan fingerprint density at radius 1 is 1.09 bits per heavy atom. The monoisotopic (exact) mass is 495 g/mol. The first-order valence-corrected chi connectivity index (χ1v) is 11.5. The zero-order valence-electron chi connectivity index (χ0n) is 18.9. The molecule has 2 aromatic rings. The number of nitrogens with zero attached hydrogens (tertiary/aromatic N) is 2. The minimum atomic E-state index is -0.653. The number of halogens is 3. The standard InChI is InChI=1S/C24H28Cl2FN3O3/c1-24(2,3)33-23(32)29-10-11-30(20-6-4-19(27)5-7-20)21(15-29)22(31)28-9-8-16-12-17(25)14-18(26)13-16/h4-7,12-14,21H,8-11,15H2,1-3H3,(H,28,31). The van der Waals surface area contributed by atoms with Crippen molar-refractivity contribution < 1.29 is 18.7 Å². The molecule has 1 aliphatic heterocycles. The lowest BCUT2D eigenvalue weighted by atomic mass is 10.1. The average molecular weight is 496 g/mol. The number of hydrogen-bond acceptors (Lipinski definition) is 4. The smallest absolute Gasteiger partial charge is 0.410 e. The summed E-state index contributed by atoms with van der Waals surface area (Å²) in [4.78, 5) is 29.2. The summed E-state index contributed by atoms with van der Waals surface area (Å²) >= 11 is 12.1. The highest BCUT2D eigenvalue weighted by atomic mass is 35.5. The molecule has 6 nitrogen and oxygen atoms in total. The maximum absolute atomic E-state index is 13.4. The Balaban J connectivity index is 1.71. The molecule has 2 amide bonds. The van der Waals surface area contributed by atoms with Gasteiger partial charge >= 0.3 is 6.09 Å². The SMILES string of the molecule is CC(C)(C)OC(=O)N1CCN(c2ccc(F)cc2)C(C(=O)NCCc2cc(Cl)cc(Cl)c2)C1. The van der Waals surface area contributed by atoms with Crippen LogP contribution in [0.5, 0.6) is 0 Å². The summed E-state index contributed by atoms with van der Waals surface area (Å²) in [6.07, 6.45) is 0.0815. The first kappa shape index (κ1) is 25.1. The summed E-state index contributed by atoms with van der Waals surface area (Å²) in [5, 5.41) is 4.01. The van der Waals surface area contributed by atoms with Gasteiger partial charge in [-0.05, 0) is 75.2 Å². The Morgan fingerprint density at radius 2 is 1.73 bits per heavy atom. The second-order valence-corrected chi connectivity index (χ2v) is 9.80. The number of amides is 2. The molecular formula is C24H28Cl2FN3O3. The predicted molar refractivity (Wildman–Crippen MR) is 129 cm³/mol. The van der Waals surface area contributed by atoms with Crippen LogP contribution in [0.3, 0.4) is 0 Å². The summed E-state index contributed by atoms with van der Waals surface area (Å²) in [5.41, 5.74) is 0.977. The Morgan fingerprint density at radius 3 is 2.33 bits per heavy atom. The number of rotatable bonds is 5. The molecule has 9 heteroatoms. The molecule has 0 radical (unpaired) electrons. The molecule has 1 N–H and O–H groups in total. The molecule has 0 bridgehead atoms. The molecule has 33 heavy (non-hydrogen) atoms. The van der Waals surface area contributed by atoms with E-state index in [1.54, 1.807) is 51.1 Å². The van der Waals surface area contributed by atoms with Gasteiger partial charge in [0.25, 0.3) is 0 Å². The van der Waals surface area contributed by atoms with Crippen LogP contribution in [-0.2, 0) is 16.0 Å². The highest BCUT2D eigenvalue weighted by Gasteiger charge is 2.36. The molecule has 0 spiro atoms. The topological polar surface area (TPSA) is 61.9 Å². The van der Waals surface area contributed by atoms with Crippen molar-refractivity contribution in [2.75, 3.05) is 31.1 Å². The summed E-state index contributed by atoms with van der Waals surface area (Å²) in [7, 11) is 0. The molecule has 178 valence electrons. The minimum Gasteiger partial charge on any atom is -0.444 e. The number of carbonyl (C=O) groups is 2. The van der Waals surface area contributed by atoms with Gasteiger partial charge in [0.1, 0.15) is 17.5 Å². The molecule has 1 atom stereocenters. The fourth-order valence-corrected chi connectivity index (χ4v) is 4.22. The van der Waals surface area contributed by atoms with Gasteiger partial charge in [0.2, 0.25) is 5.91 Å². The molecule has 0 aliphatic carbocycles. The summed E-state index contributed by atoms with van der Waals surface area (Å²) in [6, 6.07) is 10.6. The van der Waals surface area contributed by atoms with Crippen molar-refractivity contribution in [3.05, 3.63) is 63.9 Å². The molecule has 1 saturated heterocycles. The number of hydrogen-bond donors (Lipinski definition) is 1. The van der Waals surface area contributed by atoms with E-state index in [1.165, 1.54) is 17.0 Å². The van der Waals surface area contributed by atoms with Crippen LogP contribution in [0.4, 0.5) is 14.9 Å². The third-order valence-electron chi connectivity index (χ3n) is 5.13. The van der Waals surface area contributed by atoms with E-state index in [0.717, 1.165) is 5.56 Å². The van der Waals surface area contributed by atoms with Gasteiger partial charge in [0, 0.05) is 35.4 Å². The van der Waals surface area contributed by atoms with E-state index in [0.29, 0.717) is 41.8 Å². The molecular weight excluding hydrogens is 468 g/mol. The van der Waals surface area contributed by atoms with Crippen LogP contribution in [0, 0.1) is 5.82 Å². The van der Waals surface area contributed by atoms with Crippen LogP contribution in [0.25, 0.3) is 0 Å². The van der Waals surface area contributed by atoms with Crippen molar-refractivity contribution in [3.63, 3.8) is 0 Å². The van der Waals surface area contributed by atoms with E-state index in [9.17, 15) is 14.0 Å². The number of carbonyl (C=O) groups excluding carboxylic acids is 2. The lowest BCUT2D eigenvalue weighted by Gasteiger charge is -2.42. The van der Waals surface area contributed by atoms with E-state index in [4.69, 9.17) is 27.9 Å². The van der Waals surface area contributed by atoms with Crippen LogP contribution in [-0.4, -0.2) is 54.7 Å². The third kappa shape index (κ3) is 7.24. The molecule has 1 heterocycles. The molecule has 1 aliphatic rings. The maximum Gasteiger partial charge on any atom is 0.410 e. The number of anilines is 1. The Bertz CT molecular complexity index is 975. The normalized spacial score (nSPS) is 16.5. The highest BCUT2D eigenvalue weighted by Crippen LogP contribution is 2.23. The van der Waals surface area contributed by atoms with Gasteiger partial charge in [-0.15, -0.1) is 0 Å². The van der Waals surface area contributed by atoms with Gasteiger partial charge in [-0.1, -0.05) is 23.2 Å². The van der Waals surface area contributed by atoms with Gasteiger partial charge in [-0.25, -0.2) is 9.18 Å². The molecule has 0 aromatic heterocycles. The van der Waals surface area contributed by atoms with Crippen LogP contribution >= 0.6 is 23.2 Å². The van der Waals surface area contributed by atoms with Crippen molar-refractivity contribution in [1.29, 1.82) is 0 Å². The van der Waals surface area contributed by atoms with E-state index < -0.39 is 17.7 Å². The van der Waals surface area contributed by atoms with E-state index in [1.807, 2.05) is 4.90 Å². The molecule has 1 fully saturated rings. The second-order valence-electron chi connectivity index (χ2n) is 8.93. The zero-order valence-corrected chi connectivity index (χ0v) is 20.4. The maximum atomic E-state index is 13.4. The van der Waals surface area contributed by atoms with Crippen molar-refractivity contribution in [3.8, 4) is 0 Å². The Hall–Kier alpha value is -2.51. The third-order valence-corrected chi connectivity index (χ3v) is 5.56. The first-order valence-electron chi connectivity index (χ1n) is 10.7. The van der Waals surface area contributed by atoms with E-state index in [-0.39, 0.29) is 18.3 Å². The number of piperazine rings is 1. The Kier molecular flexibility index (Phi) is 8.08. The molecule has 1 unspecified atom stereocenters. The number of nitrogens with one attached hydrogen (secondary N) is 1. The van der Waals surface area contributed by atoms with Crippen molar-refractivity contribution >= 4 is 40.9 Å². The highest BCUT2D eigenvalue weighted by molar-refractivity contribution is 6.34. The first-order chi connectivity index (χ1) is 15.5. The van der Waals surface area contributed by atoms with Crippen molar-refractivity contribution in [2.45, 2.75) is 38.8 Å².